The highest BCUT2D eigenvalue weighted by atomic mass is 32.2. The second kappa shape index (κ2) is 5.61. The van der Waals surface area contributed by atoms with Gasteiger partial charge in [-0.25, -0.2) is 13.4 Å². The summed E-state index contributed by atoms with van der Waals surface area (Å²) in [4.78, 5) is 3.90. The number of benzene rings is 1. The fourth-order valence-electron chi connectivity index (χ4n) is 1.65. The molecule has 1 heterocycles. The quantitative estimate of drug-likeness (QED) is 0.931. The van der Waals surface area contributed by atoms with Gasteiger partial charge in [0.05, 0.1) is 22.1 Å². The van der Waals surface area contributed by atoms with Crippen LogP contribution in [0.4, 0.5) is 5.82 Å². The third kappa shape index (κ3) is 3.16. The van der Waals surface area contributed by atoms with E-state index in [0.29, 0.717) is 16.7 Å². The number of aryl methyl sites for hydroxylation is 1. The summed E-state index contributed by atoms with van der Waals surface area (Å²) in [5, 5.41) is 17.5. The molecule has 0 atom stereocenters. The average Bonchev–Trinajstić information content (AvgIpc) is 2.47. The van der Waals surface area contributed by atoms with Gasteiger partial charge in [0.2, 0.25) is 0 Å². The lowest BCUT2D eigenvalue weighted by Gasteiger charge is -2.08. The molecule has 2 aromatic rings. The van der Waals surface area contributed by atoms with Crippen molar-refractivity contribution in [3.63, 3.8) is 0 Å². The Labute approximate surface area is 122 Å². The van der Waals surface area contributed by atoms with E-state index in [9.17, 15) is 8.42 Å². The summed E-state index contributed by atoms with van der Waals surface area (Å²) in [5.41, 5.74) is 1.34. The molecule has 1 aromatic heterocycles. The summed E-state index contributed by atoms with van der Waals surface area (Å²) in [6.45, 7) is 1.66. The van der Waals surface area contributed by atoms with Crippen molar-refractivity contribution in [1.82, 2.24) is 4.98 Å². The normalized spacial score (nSPS) is 10.4. The fourth-order valence-corrected chi connectivity index (χ4v) is 2.74. The topological polar surface area (TPSA) is 107 Å². The van der Waals surface area contributed by atoms with Crippen LogP contribution in [0, 0.1) is 29.6 Å². The maximum Gasteiger partial charge on any atom is 0.263 e. The van der Waals surface area contributed by atoms with E-state index in [2.05, 4.69) is 9.71 Å². The molecule has 0 saturated heterocycles. The number of pyridine rings is 1. The zero-order chi connectivity index (χ0) is 15.5. The smallest absolute Gasteiger partial charge is 0.263 e. The molecule has 21 heavy (non-hydrogen) atoms. The lowest BCUT2D eigenvalue weighted by molar-refractivity contribution is 0.601. The number of hydrogen-bond donors (Lipinski definition) is 1. The van der Waals surface area contributed by atoms with Crippen LogP contribution in [0.25, 0.3) is 0 Å². The molecular formula is C14H10N4O2S. The first kappa shape index (κ1) is 14.5. The van der Waals surface area contributed by atoms with Gasteiger partial charge in [0.25, 0.3) is 10.0 Å². The summed E-state index contributed by atoms with van der Waals surface area (Å²) in [5.74, 6) is 0.121. The minimum Gasteiger partial charge on any atom is -0.263 e. The molecule has 0 unspecified atom stereocenters. The van der Waals surface area contributed by atoms with Crippen LogP contribution in [0.3, 0.4) is 0 Å². The first-order valence-electron chi connectivity index (χ1n) is 5.86. The second-order valence-corrected chi connectivity index (χ2v) is 5.92. The van der Waals surface area contributed by atoms with E-state index < -0.39 is 10.0 Å². The zero-order valence-electron chi connectivity index (χ0n) is 11.0. The molecule has 0 bridgehead atoms. The zero-order valence-corrected chi connectivity index (χ0v) is 11.8. The minimum absolute atomic E-state index is 0.0464. The second-order valence-electron chi connectivity index (χ2n) is 4.24. The molecule has 0 spiro atoms. The Hall–Kier alpha value is -2.90. The first-order valence-corrected chi connectivity index (χ1v) is 7.34. The Bertz CT molecular complexity index is 859. The van der Waals surface area contributed by atoms with E-state index in [1.165, 1.54) is 36.5 Å². The largest absolute Gasteiger partial charge is 0.263 e. The third-order valence-corrected chi connectivity index (χ3v) is 4.11. The molecule has 0 aliphatic carbocycles. The highest BCUT2D eigenvalue weighted by Crippen LogP contribution is 2.18. The lowest BCUT2D eigenvalue weighted by Crippen LogP contribution is -2.14. The van der Waals surface area contributed by atoms with Crippen LogP contribution in [-0.4, -0.2) is 13.4 Å². The number of nitriles is 2. The van der Waals surface area contributed by atoms with Crippen LogP contribution < -0.4 is 4.72 Å². The lowest BCUT2D eigenvalue weighted by atomic mass is 10.1. The van der Waals surface area contributed by atoms with Crippen LogP contribution >= 0.6 is 0 Å². The fraction of sp³-hybridized carbons (Fsp3) is 0.0714. The number of hydrogen-bond acceptors (Lipinski definition) is 5. The minimum atomic E-state index is -3.79. The molecule has 7 heteroatoms. The summed E-state index contributed by atoms with van der Waals surface area (Å²) < 4.78 is 26.7. The van der Waals surface area contributed by atoms with Crippen molar-refractivity contribution in [2.75, 3.05) is 4.72 Å². The van der Waals surface area contributed by atoms with E-state index in [0.717, 1.165) is 0 Å². The van der Waals surface area contributed by atoms with Crippen LogP contribution in [-0.2, 0) is 10.0 Å². The van der Waals surface area contributed by atoms with Crippen LogP contribution in [0.5, 0.6) is 0 Å². The molecule has 1 aromatic carbocycles. The maximum atomic E-state index is 12.2. The number of sulfonamides is 1. The van der Waals surface area contributed by atoms with Crippen molar-refractivity contribution in [2.24, 2.45) is 0 Å². The van der Waals surface area contributed by atoms with Crippen molar-refractivity contribution in [2.45, 2.75) is 11.8 Å². The first-order chi connectivity index (χ1) is 9.96. The molecule has 6 nitrogen and oxygen atoms in total. The van der Waals surface area contributed by atoms with Gasteiger partial charge in [-0.15, -0.1) is 0 Å². The summed E-state index contributed by atoms with van der Waals surface area (Å²) in [7, 11) is -3.79. The molecule has 0 saturated carbocycles. The maximum absolute atomic E-state index is 12.2. The standard InChI is InChI=1S/C14H10N4O2S/c1-10-6-13(4-3-12(10)8-16)21(19,20)18-14-5-2-11(7-15)9-17-14/h2-6,9H,1H3,(H,17,18). The van der Waals surface area contributed by atoms with Crippen molar-refractivity contribution in [3.8, 4) is 12.1 Å². The van der Waals surface area contributed by atoms with Gasteiger partial charge in [-0.3, -0.25) is 4.72 Å². The Morgan fingerprint density at radius 3 is 2.43 bits per heavy atom. The van der Waals surface area contributed by atoms with Gasteiger partial charge in [-0.2, -0.15) is 10.5 Å². The molecule has 0 aliphatic rings. The summed E-state index contributed by atoms with van der Waals surface area (Å²) in [6.07, 6.45) is 1.28. The van der Waals surface area contributed by atoms with Crippen LogP contribution in [0.15, 0.2) is 41.4 Å². The van der Waals surface area contributed by atoms with Gasteiger partial charge in [-0.1, -0.05) is 0 Å². The molecule has 2 rings (SSSR count). The summed E-state index contributed by atoms with van der Waals surface area (Å²) in [6, 6.07) is 11.0. The Balaban J connectivity index is 2.32. The predicted molar refractivity (Wildman–Crippen MR) is 75.7 cm³/mol. The van der Waals surface area contributed by atoms with Gasteiger partial charge in [-0.05, 0) is 42.8 Å². The van der Waals surface area contributed by atoms with Gasteiger partial charge < -0.3 is 0 Å². The predicted octanol–water partition coefficient (Wildman–Crippen LogP) is 1.93. The number of anilines is 1. The van der Waals surface area contributed by atoms with Gasteiger partial charge in [0.1, 0.15) is 11.9 Å². The third-order valence-electron chi connectivity index (χ3n) is 2.76. The van der Waals surface area contributed by atoms with Crippen molar-refractivity contribution in [3.05, 3.63) is 53.2 Å². The van der Waals surface area contributed by atoms with E-state index in [-0.39, 0.29) is 10.7 Å². The van der Waals surface area contributed by atoms with Gasteiger partial charge in [0, 0.05) is 6.20 Å². The van der Waals surface area contributed by atoms with Crippen molar-refractivity contribution >= 4 is 15.8 Å². The Kier molecular flexibility index (Phi) is 3.88. The number of aromatic nitrogens is 1. The average molecular weight is 298 g/mol. The van der Waals surface area contributed by atoms with Gasteiger partial charge >= 0.3 is 0 Å². The van der Waals surface area contributed by atoms with Crippen LogP contribution in [0.1, 0.15) is 16.7 Å². The molecule has 0 radical (unpaired) electrons. The highest BCUT2D eigenvalue weighted by Gasteiger charge is 2.16. The van der Waals surface area contributed by atoms with Gasteiger partial charge in [0.15, 0.2) is 0 Å². The van der Waals surface area contributed by atoms with E-state index in [1.807, 2.05) is 12.1 Å². The Morgan fingerprint density at radius 2 is 1.90 bits per heavy atom. The number of rotatable bonds is 3. The van der Waals surface area contributed by atoms with Crippen molar-refractivity contribution in [1.29, 1.82) is 10.5 Å². The molecular weight excluding hydrogens is 288 g/mol. The van der Waals surface area contributed by atoms with Crippen molar-refractivity contribution < 1.29 is 8.42 Å². The molecule has 104 valence electrons. The SMILES string of the molecule is Cc1cc(S(=O)(=O)Nc2ccc(C#N)cn2)ccc1C#N. The molecule has 0 fully saturated rings. The molecule has 1 N–H and O–H groups in total. The number of nitrogens with zero attached hydrogens (tertiary/aromatic N) is 3. The summed E-state index contributed by atoms with van der Waals surface area (Å²) >= 11 is 0. The molecule has 0 amide bonds. The highest BCUT2D eigenvalue weighted by molar-refractivity contribution is 7.92. The van der Waals surface area contributed by atoms with E-state index in [1.54, 1.807) is 6.92 Å². The number of nitrogens with one attached hydrogen (secondary N) is 1. The van der Waals surface area contributed by atoms with E-state index in [4.69, 9.17) is 10.5 Å². The Morgan fingerprint density at radius 1 is 1.14 bits per heavy atom. The van der Waals surface area contributed by atoms with E-state index >= 15 is 0 Å². The van der Waals surface area contributed by atoms with Crippen LogP contribution in [0.2, 0.25) is 0 Å². The monoisotopic (exact) mass is 298 g/mol. The molecule has 0 aliphatic heterocycles.